The molecule has 0 aromatic carbocycles. The van der Waals surface area contributed by atoms with Gasteiger partial charge in [0.15, 0.2) is 15.1 Å². The number of thiazole rings is 1. The quantitative estimate of drug-likeness (QED) is 0.834. The van der Waals surface area contributed by atoms with E-state index in [1.807, 2.05) is 0 Å². The van der Waals surface area contributed by atoms with E-state index in [-0.39, 0.29) is 5.75 Å². The van der Waals surface area contributed by atoms with Crippen molar-refractivity contribution in [3.8, 4) is 0 Å². The SMILES string of the molecule is CC(C)CCc1nc(CS(=O)(=O)C(C)C(=O)O)cs1. The number of aliphatic carboxylic acids is 1. The number of carboxylic acid groups (broad SMARTS) is 1. The minimum absolute atomic E-state index is 0.307. The lowest BCUT2D eigenvalue weighted by Crippen LogP contribution is -2.28. The van der Waals surface area contributed by atoms with Gasteiger partial charge in [0.05, 0.1) is 16.5 Å². The molecule has 1 rings (SSSR count). The Hall–Kier alpha value is -0.950. The molecule has 1 atom stereocenters. The molecule has 1 unspecified atom stereocenters. The maximum absolute atomic E-state index is 11.8. The summed E-state index contributed by atoms with van der Waals surface area (Å²) in [6.45, 7) is 5.42. The molecule has 0 fully saturated rings. The van der Waals surface area contributed by atoms with Crippen molar-refractivity contribution in [1.82, 2.24) is 4.98 Å². The second-order valence-electron chi connectivity index (χ2n) is 4.95. The van der Waals surface area contributed by atoms with Gasteiger partial charge < -0.3 is 5.11 Å². The lowest BCUT2D eigenvalue weighted by Gasteiger charge is -2.06. The van der Waals surface area contributed by atoms with Crippen LogP contribution in [0.2, 0.25) is 0 Å². The molecular formula is C12H19NO4S2. The van der Waals surface area contributed by atoms with Gasteiger partial charge in [-0.25, -0.2) is 13.4 Å². The normalized spacial score (nSPS) is 13.7. The topological polar surface area (TPSA) is 84.3 Å². The van der Waals surface area contributed by atoms with Crippen LogP contribution in [-0.4, -0.2) is 29.7 Å². The molecule has 0 spiro atoms. The molecule has 0 aliphatic rings. The largest absolute Gasteiger partial charge is 0.480 e. The van der Waals surface area contributed by atoms with E-state index in [1.54, 1.807) is 5.38 Å². The zero-order valence-corrected chi connectivity index (χ0v) is 12.9. The summed E-state index contributed by atoms with van der Waals surface area (Å²) in [5, 5.41) is 9.95. The fraction of sp³-hybridized carbons (Fsp3) is 0.667. The van der Waals surface area contributed by atoms with E-state index >= 15 is 0 Å². The van der Waals surface area contributed by atoms with E-state index in [2.05, 4.69) is 18.8 Å². The number of rotatable bonds is 7. The van der Waals surface area contributed by atoms with Crippen molar-refractivity contribution in [3.63, 3.8) is 0 Å². The summed E-state index contributed by atoms with van der Waals surface area (Å²) in [6, 6.07) is 0. The van der Waals surface area contributed by atoms with E-state index in [0.29, 0.717) is 11.6 Å². The molecule has 1 aromatic rings. The van der Waals surface area contributed by atoms with Crippen molar-refractivity contribution in [2.45, 2.75) is 44.6 Å². The standard InChI is InChI=1S/C12H19NO4S2/c1-8(2)4-5-11-13-10(6-18-11)7-19(16,17)9(3)12(14)15/h6,8-9H,4-5,7H2,1-3H3,(H,14,15). The zero-order chi connectivity index (χ0) is 14.6. The molecule has 0 aliphatic carbocycles. The number of hydrogen-bond donors (Lipinski definition) is 1. The summed E-state index contributed by atoms with van der Waals surface area (Å²) < 4.78 is 23.6. The number of carbonyl (C=O) groups is 1. The Morgan fingerprint density at radius 1 is 1.42 bits per heavy atom. The Morgan fingerprint density at radius 3 is 2.58 bits per heavy atom. The molecule has 0 saturated carbocycles. The average molecular weight is 305 g/mol. The van der Waals surface area contributed by atoms with E-state index in [1.165, 1.54) is 18.3 Å². The van der Waals surface area contributed by atoms with Crippen molar-refractivity contribution in [1.29, 1.82) is 0 Å². The monoisotopic (exact) mass is 305 g/mol. The average Bonchev–Trinajstić information content (AvgIpc) is 2.72. The Morgan fingerprint density at radius 2 is 2.05 bits per heavy atom. The van der Waals surface area contributed by atoms with Crippen LogP contribution < -0.4 is 0 Å². The van der Waals surface area contributed by atoms with Crippen LogP contribution in [0.25, 0.3) is 0 Å². The van der Waals surface area contributed by atoms with E-state index in [0.717, 1.165) is 17.8 Å². The predicted molar refractivity (Wildman–Crippen MR) is 75.0 cm³/mol. The molecule has 5 nitrogen and oxygen atoms in total. The van der Waals surface area contributed by atoms with Crippen LogP contribution in [0.5, 0.6) is 0 Å². The van der Waals surface area contributed by atoms with Crippen molar-refractivity contribution in [2.75, 3.05) is 0 Å². The molecule has 0 radical (unpaired) electrons. The predicted octanol–water partition coefficient (Wildman–Crippen LogP) is 2.12. The highest BCUT2D eigenvalue weighted by molar-refractivity contribution is 7.91. The molecule has 0 amide bonds. The number of nitrogens with zero attached hydrogens (tertiary/aromatic N) is 1. The number of hydrogen-bond acceptors (Lipinski definition) is 5. The highest BCUT2D eigenvalue weighted by Crippen LogP contribution is 2.17. The Labute approximate surface area is 117 Å². The van der Waals surface area contributed by atoms with Gasteiger partial charge in [-0.1, -0.05) is 13.8 Å². The lowest BCUT2D eigenvalue weighted by molar-refractivity contribution is -0.136. The molecule has 1 N–H and O–H groups in total. The molecule has 1 aromatic heterocycles. The van der Waals surface area contributed by atoms with Gasteiger partial charge in [-0.05, 0) is 25.7 Å². The smallest absolute Gasteiger partial charge is 0.321 e. The summed E-state index contributed by atoms with van der Waals surface area (Å²) in [6.07, 6.45) is 1.84. The van der Waals surface area contributed by atoms with E-state index < -0.39 is 21.1 Å². The highest BCUT2D eigenvalue weighted by atomic mass is 32.2. The molecule has 0 bridgehead atoms. The Balaban J connectivity index is 2.70. The first-order valence-corrected chi connectivity index (χ1v) is 8.69. The van der Waals surface area contributed by atoms with Crippen molar-refractivity contribution >= 4 is 27.1 Å². The van der Waals surface area contributed by atoms with Gasteiger partial charge in [0.25, 0.3) is 0 Å². The number of aromatic nitrogens is 1. The van der Waals surface area contributed by atoms with Gasteiger partial charge in [-0.3, -0.25) is 4.79 Å². The summed E-state index contributed by atoms with van der Waals surface area (Å²) in [5.74, 6) is -1.06. The number of sulfone groups is 1. The first-order valence-electron chi connectivity index (χ1n) is 6.10. The first-order chi connectivity index (χ1) is 8.72. The molecule has 1 heterocycles. The van der Waals surface area contributed by atoms with Crippen molar-refractivity contribution in [3.05, 3.63) is 16.1 Å². The van der Waals surface area contributed by atoms with Crippen LogP contribution in [0, 0.1) is 5.92 Å². The van der Waals surface area contributed by atoms with Crippen molar-refractivity contribution in [2.24, 2.45) is 5.92 Å². The van der Waals surface area contributed by atoms with Crippen molar-refractivity contribution < 1.29 is 18.3 Å². The third kappa shape index (κ3) is 4.91. The molecule has 0 saturated heterocycles. The van der Waals surface area contributed by atoms with Crippen LogP contribution in [-0.2, 0) is 26.8 Å². The van der Waals surface area contributed by atoms with E-state index in [9.17, 15) is 13.2 Å². The summed E-state index contributed by atoms with van der Waals surface area (Å²) >= 11 is 1.43. The second-order valence-corrected chi connectivity index (χ2v) is 8.22. The number of aryl methyl sites for hydroxylation is 1. The second kappa shape index (κ2) is 6.47. The minimum Gasteiger partial charge on any atom is -0.480 e. The van der Waals surface area contributed by atoms with Gasteiger partial charge in [-0.15, -0.1) is 11.3 Å². The Bertz CT molecular complexity index is 534. The minimum atomic E-state index is -3.69. The summed E-state index contributed by atoms with van der Waals surface area (Å²) in [4.78, 5) is 15.0. The van der Waals surface area contributed by atoms with Crippen LogP contribution in [0.4, 0.5) is 0 Å². The lowest BCUT2D eigenvalue weighted by atomic mass is 10.1. The van der Waals surface area contributed by atoms with Crippen LogP contribution in [0.1, 0.15) is 37.9 Å². The highest BCUT2D eigenvalue weighted by Gasteiger charge is 2.28. The van der Waals surface area contributed by atoms with Crippen LogP contribution in [0.15, 0.2) is 5.38 Å². The molecule has 0 aliphatic heterocycles. The third-order valence-electron chi connectivity index (χ3n) is 2.77. The van der Waals surface area contributed by atoms with Gasteiger partial charge in [-0.2, -0.15) is 0 Å². The third-order valence-corrected chi connectivity index (χ3v) is 5.70. The Kier molecular flexibility index (Phi) is 5.49. The van der Waals surface area contributed by atoms with E-state index in [4.69, 9.17) is 5.11 Å². The maximum atomic E-state index is 11.8. The van der Waals surface area contributed by atoms with Gasteiger partial charge in [0.1, 0.15) is 0 Å². The fourth-order valence-electron chi connectivity index (χ4n) is 1.43. The van der Waals surface area contributed by atoms with Gasteiger partial charge in [0.2, 0.25) is 0 Å². The summed E-state index contributed by atoms with van der Waals surface area (Å²) in [5.41, 5.74) is 0.442. The number of carboxylic acids is 1. The summed E-state index contributed by atoms with van der Waals surface area (Å²) in [7, 11) is -3.69. The van der Waals surface area contributed by atoms with Crippen LogP contribution in [0.3, 0.4) is 0 Å². The van der Waals surface area contributed by atoms with Gasteiger partial charge in [0, 0.05) is 5.38 Å². The molecule has 7 heteroatoms. The fourth-order valence-corrected chi connectivity index (χ4v) is 3.46. The zero-order valence-electron chi connectivity index (χ0n) is 11.3. The molecule has 19 heavy (non-hydrogen) atoms. The van der Waals surface area contributed by atoms with Crippen LogP contribution >= 0.6 is 11.3 Å². The molecule has 108 valence electrons. The first kappa shape index (κ1) is 16.1. The van der Waals surface area contributed by atoms with Gasteiger partial charge >= 0.3 is 5.97 Å². The molecular weight excluding hydrogens is 286 g/mol. The maximum Gasteiger partial charge on any atom is 0.321 e.